The van der Waals surface area contributed by atoms with Crippen molar-refractivity contribution in [1.29, 1.82) is 0 Å². The molecule has 1 rings (SSSR count). The maximum absolute atomic E-state index is 11.7. The van der Waals surface area contributed by atoms with Crippen molar-refractivity contribution in [1.82, 2.24) is 10.2 Å². The fourth-order valence-electron chi connectivity index (χ4n) is 1.76. The lowest BCUT2D eigenvalue weighted by Crippen LogP contribution is -2.54. The molecule has 0 aromatic carbocycles. The van der Waals surface area contributed by atoms with Crippen molar-refractivity contribution < 1.29 is 14.6 Å². The Kier molecular flexibility index (Phi) is 4.15. The van der Waals surface area contributed by atoms with Gasteiger partial charge in [-0.05, 0) is 34.2 Å². The van der Waals surface area contributed by atoms with Gasteiger partial charge in [-0.25, -0.2) is 4.79 Å². The van der Waals surface area contributed by atoms with Crippen LogP contribution < -0.4 is 5.32 Å². The number of ether oxygens (including phenoxy) is 1. The maximum Gasteiger partial charge on any atom is 0.410 e. The number of carbonyl (C=O) groups excluding carboxylic acids is 1. The number of aliphatic hydroxyl groups excluding tert-OH is 1. The molecule has 1 aliphatic heterocycles. The number of piperidine rings is 1. The summed E-state index contributed by atoms with van der Waals surface area (Å²) in [6.07, 6.45) is -0.121. The molecule has 0 unspecified atom stereocenters. The SMILES string of the molecule is CN[C@@H]1CCN(C(=O)OC(C)(C)C)C[C@H]1O. The zero-order chi connectivity index (χ0) is 12.3. The molecule has 1 aliphatic rings. The summed E-state index contributed by atoms with van der Waals surface area (Å²) < 4.78 is 5.25. The molecule has 1 heterocycles. The summed E-state index contributed by atoms with van der Waals surface area (Å²) in [5, 5.41) is 12.8. The monoisotopic (exact) mass is 230 g/mol. The van der Waals surface area contributed by atoms with Crippen LogP contribution in [0.5, 0.6) is 0 Å². The van der Waals surface area contributed by atoms with E-state index in [-0.39, 0.29) is 12.1 Å². The third kappa shape index (κ3) is 3.64. The number of likely N-dealkylation sites (N-methyl/N-ethyl adjacent to an activating group) is 1. The molecule has 94 valence electrons. The third-order valence-electron chi connectivity index (χ3n) is 2.60. The molecule has 1 amide bonds. The van der Waals surface area contributed by atoms with Crippen molar-refractivity contribution in [2.24, 2.45) is 0 Å². The zero-order valence-corrected chi connectivity index (χ0v) is 10.5. The number of rotatable bonds is 1. The first-order valence-corrected chi connectivity index (χ1v) is 5.67. The van der Waals surface area contributed by atoms with Crippen molar-refractivity contribution >= 4 is 6.09 Å². The number of amides is 1. The van der Waals surface area contributed by atoms with Gasteiger partial charge in [0.1, 0.15) is 5.60 Å². The Labute approximate surface area is 96.8 Å². The average Bonchev–Trinajstić information content (AvgIpc) is 2.15. The van der Waals surface area contributed by atoms with Crippen LogP contribution in [0.4, 0.5) is 4.79 Å². The molecule has 5 heteroatoms. The standard InChI is InChI=1S/C11H22N2O3/c1-11(2,3)16-10(15)13-6-5-8(12-4)9(14)7-13/h8-9,12,14H,5-7H2,1-4H3/t8-,9-/m1/s1. The molecule has 16 heavy (non-hydrogen) atoms. The number of carbonyl (C=O) groups is 1. The quantitative estimate of drug-likeness (QED) is 0.691. The lowest BCUT2D eigenvalue weighted by molar-refractivity contribution is -0.00384. The van der Waals surface area contributed by atoms with Crippen LogP contribution in [0.2, 0.25) is 0 Å². The van der Waals surface area contributed by atoms with Crippen LogP contribution in [0.25, 0.3) is 0 Å². The van der Waals surface area contributed by atoms with E-state index in [4.69, 9.17) is 4.74 Å². The topological polar surface area (TPSA) is 61.8 Å². The van der Waals surface area contributed by atoms with Crippen LogP contribution in [0.3, 0.4) is 0 Å². The van der Waals surface area contributed by atoms with Gasteiger partial charge in [-0.2, -0.15) is 0 Å². The van der Waals surface area contributed by atoms with Crippen LogP contribution in [0.15, 0.2) is 0 Å². The van der Waals surface area contributed by atoms with Gasteiger partial charge in [-0.3, -0.25) is 0 Å². The summed E-state index contributed by atoms with van der Waals surface area (Å²) in [4.78, 5) is 13.3. The molecule has 0 aliphatic carbocycles. The predicted molar refractivity (Wildman–Crippen MR) is 61.3 cm³/mol. The van der Waals surface area contributed by atoms with E-state index in [9.17, 15) is 9.90 Å². The van der Waals surface area contributed by atoms with Crippen molar-refractivity contribution in [3.8, 4) is 0 Å². The minimum Gasteiger partial charge on any atom is -0.444 e. The van der Waals surface area contributed by atoms with E-state index < -0.39 is 11.7 Å². The second-order valence-corrected chi connectivity index (χ2v) is 5.18. The molecule has 1 saturated heterocycles. The van der Waals surface area contributed by atoms with Crippen molar-refractivity contribution in [2.75, 3.05) is 20.1 Å². The van der Waals surface area contributed by atoms with Crippen molar-refractivity contribution in [3.63, 3.8) is 0 Å². The number of aliphatic hydroxyl groups is 1. The second kappa shape index (κ2) is 5.01. The highest BCUT2D eigenvalue weighted by Crippen LogP contribution is 2.15. The molecular weight excluding hydrogens is 208 g/mol. The predicted octanol–water partition coefficient (Wildman–Crippen LogP) is 0.576. The highest BCUT2D eigenvalue weighted by Gasteiger charge is 2.31. The molecule has 2 N–H and O–H groups in total. The van der Waals surface area contributed by atoms with Gasteiger partial charge in [0, 0.05) is 12.6 Å². The van der Waals surface area contributed by atoms with Crippen LogP contribution in [-0.2, 0) is 4.74 Å². The molecule has 0 aromatic heterocycles. The molecule has 1 fully saturated rings. The van der Waals surface area contributed by atoms with E-state index in [2.05, 4.69) is 5.32 Å². The summed E-state index contributed by atoms with van der Waals surface area (Å²) >= 11 is 0. The Morgan fingerprint density at radius 1 is 1.50 bits per heavy atom. The van der Waals surface area contributed by atoms with E-state index in [0.717, 1.165) is 6.42 Å². The van der Waals surface area contributed by atoms with Gasteiger partial charge in [0.2, 0.25) is 0 Å². The van der Waals surface area contributed by atoms with Gasteiger partial charge in [-0.1, -0.05) is 0 Å². The Morgan fingerprint density at radius 2 is 2.12 bits per heavy atom. The normalized spacial score (nSPS) is 26.7. The Balaban J connectivity index is 2.48. The number of likely N-dealkylation sites (tertiary alicyclic amines) is 1. The van der Waals surface area contributed by atoms with E-state index in [0.29, 0.717) is 13.1 Å². The first-order valence-electron chi connectivity index (χ1n) is 5.67. The lowest BCUT2D eigenvalue weighted by Gasteiger charge is -2.36. The summed E-state index contributed by atoms with van der Waals surface area (Å²) in [5.74, 6) is 0. The van der Waals surface area contributed by atoms with Crippen molar-refractivity contribution in [2.45, 2.75) is 44.9 Å². The average molecular weight is 230 g/mol. The van der Waals surface area contributed by atoms with Gasteiger partial charge < -0.3 is 20.1 Å². The smallest absolute Gasteiger partial charge is 0.410 e. The van der Waals surface area contributed by atoms with Gasteiger partial charge in [-0.15, -0.1) is 0 Å². The number of hydrogen-bond acceptors (Lipinski definition) is 4. The molecule has 2 atom stereocenters. The van der Waals surface area contributed by atoms with E-state index in [1.807, 2.05) is 27.8 Å². The van der Waals surface area contributed by atoms with Gasteiger partial charge in [0.25, 0.3) is 0 Å². The number of hydrogen-bond donors (Lipinski definition) is 2. The highest BCUT2D eigenvalue weighted by atomic mass is 16.6. The van der Waals surface area contributed by atoms with E-state index in [1.165, 1.54) is 0 Å². The number of nitrogens with zero attached hydrogens (tertiary/aromatic N) is 1. The molecule has 0 bridgehead atoms. The minimum atomic E-state index is -0.522. The van der Waals surface area contributed by atoms with Crippen LogP contribution in [-0.4, -0.2) is 54.0 Å². The molecule has 0 spiro atoms. The van der Waals surface area contributed by atoms with E-state index in [1.54, 1.807) is 4.90 Å². The fraction of sp³-hybridized carbons (Fsp3) is 0.909. The van der Waals surface area contributed by atoms with Gasteiger partial charge in [0.15, 0.2) is 0 Å². The summed E-state index contributed by atoms with van der Waals surface area (Å²) in [6, 6.07) is 0.0682. The largest absolute Gasteiger partial charge is 0.444 e. The van der Waals surface area contributed by atoms with Crippen LogP contribution in [0.1, 0.15) is 27.2 Å². The first kappa shape index (κ1) is 13.3. The summed E-state index contributed by atoms with van der Waals surface area (Å²) in [7, 11) is 1.82. The number of nitrogens with one attached hydrogen (secondary N) is 1. The molecule has 0 aromatic rings. The Bertz CT molecular complexity index is 250. The maximum atomic E-state index is 11.7. The van der Waals surface area contributed by atoms with Crippen molar-refractivity contribution in [3.05, 3.63) is 0 Å². The van der Waals surface area contributed by atoms with Crippen LogP contribution in [0, 0.1) is 0 Å². The fourth-order valence-corrected chi connectivity index (χ4v) is 1.76. The Hall–Kier alpha value is -0.810. The number of β-amino-alcohol motifs (C(OH)–C–C–N with tert-alkyl or cyclic N) is 1. The van der Waals surface area contributed by atoms with Gasteiger partial charge >= 0.3 is 6.09 Å². The van der Waals surface area contributed by atoms with Crippen LogP contribution >= 0.6 is 0 Å². The van der Waals surface area contributed by atoms with E-state index >= 15 is 0 Å². The molecule has 5 nitrogen and oxygen atoms in total. The molecule has 0 radical (unpaired) electrons. The third-order valence-corrected chi connectivity index (χ3v) is 2.60. The lowest BCUT2D eigenvalue weighted by atomic mass is 10.0. The zero-order valence-electron chi connectivity index (χ0n) is 10.5. The molecule has 0 saturated carbocycles. The first-order chi connectivity index (χ1) is 7.33. The van der Waals surface area contributed by atoms with Gasteiger partial charge in [0.05, 0.1) is 12.6 Å². The second-order valence-electron chi connectivity index (χ2n) is 5.18. The Morgan fingerprint density at radius 3 is 2.56 bits per heavy atom. The highest BCUT2D eigenvalue weighted by molar-refractivity contribution is 5.68. The summed E-state index contributed by atoms with van der Waals surface area (Å²) in [5.41, 5.74) is -0.484. The summed E-state index contributed by atoms with van der Waals surface area (Å²) in [6.45, 7) is 6.46. The molecular formula is C11H22N2O3. The minimum absolute atomic E-state index is 0.0682.